The van der Waals surface area contributed by atoms with Crippen LogP contribution in [-0.4, -0.2) is 9.97 Å². The number of aromatic nitrogens is 2. The van der Waals surface area contributed by atoms with Crippen molar-refractivity contribution in [1.82, 2.24) is 9.97 Å². The maximum Gasteiger partial charge on any atom is 0.135 e. The van der Waals surface area contributed by atoms with Crippen molar-refractivity contribution >= 4 is 16.7 Å². The molecule has 0 fully saturated rings. The molecule has 1 aromatic heterocycles. The first-order chi connectivity index (χ1) is 9.29. The highest BCUT2D eigenvalue weighted by molar-refractivity contribution is 6.00. The van der Waals surface area contributed by atoms with E-state index in [2.05, 4.69) is 16.0 Å². The van der Waals surface area contributed by atoms with Crippen molar-refractivity contribution in [2.45, 2.75) is 6.54 Å². The third kappa shape index (κ3) is 2.02. The molecule has 94 valence electrons. The van der Waals surface area contributed by atoms with Crippen LogP contribution < -0.4 is 11.5 Å². The van der Waals surface area contributed by atoms with Gasteiger partial charge in [0.1, 0.15) is 12.1 Å². The molecule has 2 aromatic carbocycles. The van der Waals surface area contributed by atoms with E-state index in [-0.39, 0.29) is 0 Å². The van der Waals surface area contributed by atoms with Gasteiger partial charge in [0.25, 0.3) is 0 Å². The second kappa shape index (κ2) is 4.66. The standard InChI is InChI=1S/C15H14N4/c16-8-10-3-1-4-11(7-10)12-5-2-6-13-14(12)15(17)19-9-18-13/h1-7,9H,8,16H2,(H2,17,18,19). The Balaban J connectivity index is 2.30. The van der Waals surface area contributed by atoms with Gasteiger partial charge in [-0.2, -0.15) is 0 Å². The van der Waals surface area contributed by atoms with Gasteiger partial charge >= 0.3 is 0 Å². The summed E-state index contributed by atoms with van der Waals surface area (Å²) in [5.41, 5.74) is 15.7. The van der Waals surface area contributed by atoms with Crippen LogP contribution in [0.3, 0.4) is 0 Å². The van der Waals surface area contributed by atoms with E-state index >= 15 is 0 Å². The van der Waals surface area contributed by atoms with E-state index < -0.39 is 0 Å². The Hall–Kier alpha value is -2.46. The molecule has 0 saturated heterocycles. The average molecular weight is 250 g/mol. The molecule has 0 spiro atoms. The summed E-state index contributed by atoms with van der Waals surface area (Å²) in [4.78, 5) is 8.33. The first kappa shape index (κ1) is 11.6. The van der Waals surface area contributed by atoms with Crippen LogP contribution in [0.5, 0.6) is 0 Å². The number of rotatable bonds is 2. The number of benzene rings is 2. The van der Waals surface area contributed by atoms with Gasteiger partial charge in [0.15, 0.2) is 0 Å². The molecule has 0 radical (unpaired) electrons. The second-order valence-electron chi connectivity index (χ2n) is 4.36. The smallest absolute Gasteiger partial charge is 0.135 e. The molecule has 3 rings (SSSR count). The molecule has 0 aliphatic rings. The van der Waals surface area contributed by atoms with Crippen molar-refractivity contribution in [3.05, 3.63) is 54.4 Å². The van der Waals surface area contributed by atoms with E-state index in [1.54, 1.807) is 0 Å². The zero-order valence-electron chi connectivity index (χ0n) is 10.4. The summed E-state index contributed by atoms with van der Waals surface area (Å²) in [7, 11) is 0. The van der Waals surface area contributed by atoms with Crippen molar-refractivity contribution in [1.29, 1.82) is 0 Å². The fourth-order valence-corrected chi connectivity index (χ4v) is 2.24. The van der Waals surface area contributed by atoms with E-state index in [1.807, 2.05) is 36.4 Å². The fraction of sp³-hybridized carbons (Fsp3) is 0.0667. The predicted octanol–water partition coefficient (Wildman–Crippen LogP) is 2.34. The van der Waals surface area contributed by atoms with Crippen LogP contribution >= 0.6 is 0 Å². The average Bonchev–Trinajstić information content (AvgIpc) is 2.47. The monoisotopic (exact) mass is 250 g/mol. The summed E-state index contributed by atoms with van der Waals surface area (Å²) in [6.45, 7) is 0.518. The first-order valence-electron chi connectivity index (χ1n) is 6.08. The highest BCUT2D eigenvalue weighted by Gasteiger charge is 2.08. The maximum atomic E-state index is 5.99. The molecule has 0 aliphatic carbocycles. The maximum absolute atomic E-state index is 5.99. The lowest BCUT2D eigenvalue weighted by atomic mass is 9.99. The van der Waals surface area contributed by atoms with Gasteiger partial charge in [0.05, 0.1) is 10.9 Å². The third-order valence-electron chi connectivity index (χ3n) is 3.17. The number of nitrogens with zero attached hydrogens (tertiary/aromatic N) is 2. The molecular formula is C15H14N4. The lowest BCUT2D eigenvalue weighted by molar-refractivity contribution is 1.07. The number of nitrogens with two attached hydrogens (primary N) is 2. The Kier molecular flexibility index (Phi) is 2.85. The zero-order chi connectivity index (χ0) is 13.2. The van der Waals surface area contributed by atoms with Crippen LogP contribution in [0.25, 0.3) is 22.0 Å². The quantitative estimate of drug-likeness (QED) is 0.731. The van der Waals surface area contributed by atoms with Gasteiger partial charge < -0.3 is 11.5 Å². The Morgan fingerprint density at radius 2 is 1.84 bits per heavy atom. The number of fused-ring (bicyclic) bond motifs is 1. The number of anilines is 1. The van der Waals surface area contributed by atoms with Gasteiger partial charge in [-0.15, -0.1) is 0 Å². The number of hydrogen-bond donors (Lipinski definition) is 2. The van der Waals surface area contributed by atoms with Gasteiger partial charge in [-0.3, -0.25) is 0 Å². The zero-order valence-corrected chi connectivity index (χ0v) is 10.4. The van der Waals surface area contributed by atoms with E-state index in [9.17, 15) is 0 Å². The Morgan fingerprint density at radius 1 is 1.00 bits per heavy atom. The minimum absolute atomic E-state index is 0.499. The van der Waals surface area contributed by atoms with E-state index in [4.69, 9.17) is 11.5 Å². The largest absolute Gasteiger partial charge is 0.383 e. The summed E-state index contributed by atoms with van der Waals surface area (Å²) < 4.78 is 0. The highest BCUT2D eigenvalue weighted by atomic mass is 14.9. The molecule has 0 amide bonds. The first-order valence-corrected chi connectivity index (χ1v) is 6.08. The van der Waals surface area contributed by atoms with E-state index in [1.165, 1.54) is 6.33 Å². The fourth-order valence-electron chi connectivity index (χ4n) is 2.24. The van der Waals surface area contributed by atoms with Gasteiger partial charge in [0.2, 0.25) is 0 Å². The number of hydrogen-bond acceptors (Lipinski definition) is 4. The Labute approximate surface area is 111 Å². The van der Waals surface area contributed by atoms with Crippen molar-refractivity contribution < 1.29 is 0 Å². The molecule has 4 N–H and O–H groups in total. The molecule has 3 aromatic rings. The topological polar surface area (TPSA) is 77.8 Å². The molecule has 19 heavy (non-hydrogen) atoms. The molecule has 4 nitrogen and oxygen atoms in total. The SMILES string of the molecule is NCc1cccc(-c2cccc3ncnc(N)c23)c1. The van der Waals surface area contributed by atoms with Gasteiger partial charge in [-0.05, 0) is 28.8 Å². The lowest BCUT2D eigenvalue weighted by Gasteiger charge is -2.09. The van der Waals surface area contributed by atoms with Crippen LogP contribution in [0, 0.1) is 0 Å². The summed E-state index contributed by atoms with van der Waals surface area (Å²) in [6, 6.07) is 14.0. The molecule has 0 unspecified atom stereocenters. The van der Waals surface area contributed by atoms with Crippen molar-refractivity contribution in [3.8, 4) is 11.1 Å². The predicted molar refractivity (Wildman–Crippen MR) is 77.3 cm³/mol. The third-order valence-corrected chi connectivity index (χ3v) is 3.17. The molecular weight excluding hydrogens is 236 g/mol. The minimum atomic E-state index is 0.499. The van der Waals surface area contributed by atoms with Crippen LogP contribution in [0.1, 0.15) is 5.56 Å². The van der Waals surface area contributed by atoms with Crippen molar-refractivity contribution in [3.63, 3.8) is 0 Å². The Bertz CT molecular complexity index is 732. The summed E-state index contributed by atoms with van der Waals surface area (Å²) in [5.74, 6) is 0.499. The van der Waals surface area contributed by atoms with Crippen molar-refractivity contribution in [2.75, 3.05) is 5.73 Å². The van der Waals surface area contributed by atoms with E-state index in [0.29, 0.717) is 12.4 Å². The number of nitrogen functional groups attached to an aromatic ring is 1. The normalized spacial score (nSPS) is 10.8. The van der Waals surface area contributed by atoms with Gasteiger partial charge in [-0.25, -0.2) is 9.97 Å². The van der Waals surface area contributed by atoms with Gasteiger partial charge in [-0.1, -0.05) is 30.3 Å². The van der Waals surface area contributed by atoms with Crippen LogP contribution in [0.2, 0.25) is 0 Å². The molecule has 0 atom stereocenters. The highest BCUT2D eigenvalue weighted by Crippen LogP contribution is 2.30. The molecule has 0 bridgehead atoms. The van der Waals surface area contributed by atoms with Crippen LogP contribution in [0.15, 0.2) is 48.8 Å². The lowest BCUT2D eigenvalue weighted by Crippen LogP contribution is -1.97. The van der Waals surface area contributed by atoms with Crippen LogP contribution in [-0.2, 0) is 6.54 Å². The summed E-state index contributed by atoms with van der Waals surface area (Å²) >= 11 is 0. The van der Waals surface area contributed by atoms with E-state index in [0.717, 1.165) is 27.6 Å². The van der Waals surface area contributed by atoms with Crippen molar-refractivity contribution in [2.24, 2.45) is 5.73 Å². The Morgan fingerprint density at radius 3 is 2.68 bits per heavy atom. The molecule has 0 aliphatic heterocycles. The molecule has 1 heterocycles. The molecule has 0 saturated carbocycles. The molecule has 4 heteroatoms. The van der Waals surface area contributed by atoms with Gasteiger partial charge in [0, 0.05) is 6.54 Å². The van der Waals surface area contributed by atoms with Crippen LogP contribution in [0.4, 0.5) is 5.82 Å². The summed E-state index contributed by atoms with van der Waals surface area (Å²) in [5, 5.41) is 0.888. The second-order valence-corrected chi connectivity index (χ2v) is 4.36. The minimum Gasteiger partial charge on any atom is -0.383 e. The summed E-state index contributed by atoms with van der Waals surface area (Å²) in [6.07, 6.45) is 1.48.